The van der Waals surface area contributed by atoms with Gasteiger partial charge in [0.05, 0.1) is 36.2 Å². The smallest absolute Gasteiger partial charge is 0.120 e. The molecule has 6 heteroatoms. The van der Waals surface area contributed by atoms with Crippen molar-refractivity contribution < 1.29 is 24.5 Å². The van der Waals surface area contributed by atoms with Gasteiger partial charge in [-0.1, -0.05) is 183 Å². The van der Waals surface area contributed by atoms with Gasteiger partial charge in [-0.2, -0.15) is 0 Å². The molecule has 8 aromatic carbocycles. The van der Waals surface area contributed by atoms with E-state index in [0.717, 1.165) is 84.2 Å². The van der Waals surface area contributed by atoms with Gasteiger partial charge in [0.15, 0.2) is 0 Å². The van der Waals surface area contributed by atoms with E-state index in [9.17, 15) is 0 Å². The van der Waals surface area contributed by atoms with E-state index in [-0.39, 0.29) is 20.1 Å². The summed E-state index contributed by atoms with van der Waals surface area (Å²) in [5.74, 6) is 1.45. The maximum atomic E-state index is 6.44. The molecule has 0 unspecified atom stereocenters. The summed E-state index contributed by atoms with van der Waals surface area (Å²) in [6.07, 6.45) is 3.23. The summed E-state index contributed by atoms with van der Waals surface area (Å²) < 4.78 is 8.73. The predicted octanol–water partition coefficient (Wildman–Crippen LogP) is 15.2. The summed E-state index contributed by atoms with van der Waals surface area (Å²) in [4.78, 5) is 10.0. The van der Waals surface area contributed by atoms with E-state index in [4.69, 9.17) is 14.4 Å². The Bertz CT molecular complexity index is 3440. The number of pyridine rings is 1. The Morgan fingerprint density at radius 2 is 1.31 bits per heavy atom. The molecule has 0 aliphatic carbocycles. The molecule has 11 aromatic rings. The minimum Gasteiger partial charge on any atom is -0.501 e. The summed E-state index contributed by atoms with van der Waals surface area (Å²) >= 11 is 0. The third-order valence-electron chi connectivity index (χ3n) is 11.9. The second-order valence-corrected chi connectivity index (χ2v) is 23.0. The fourth-order valence-corrected chi connectivity index (χ4v) is 10.6. The van der Waals surface area contributed by atoms with E-state index < -0.39 is 8.07 Å². The number of furan rings is 1. The first-order valence-electron chi connectivity index (χ1n) is 22.2. The van der Waals surface area contributed by atoms with E-state index in [1.165, 1.54) is 27.3 Å². The van der Waals surface area contributed by atoms with Gasteiger partial charge in [0.25, 0.3) is 0 Å². The average molecular weight is 1040 g/mol. The zero-order valence-corrected chi connectivity index (χ0v) is 40.7. The molecule has 1 radical (unpaired) electrons. The van der Waals surface area contributed by atoms with Crippen molar-refractivity contribution in [1.82, 2.24) is 14.5 Å². The van der Waals surface area contributed by atoms with Gasteiger partial charge < -0.3 is 14.0 Å². The summed E-state index contributed by atoms with van der Waals surface area (Å²) in [7, 11) is -1.40. The van der Waals surface area contributed by atoms with Gasteiger partial charge in [-0.25, -0.2) is 0 Å². The third kappa shape index (κ3) is 8.66. The van der Waals surface area contributed by atoms with Gasteiger partial charge in [0.2, 0.25) is 0 Å². The standard InChI is InChI=1S/C35H21N2O.C24H28NSi.Ir/c1-2-11-23(12-3-1)26-22-21-24-13-4-5-14-25(24)33(26)37-31-19-8-7-18-30(31)36-35(37)29-17-10-16-28-27-15-6-9-20-32(27)38-34(28)29;1-18(2)14-22-16-23(25-17-24(22)26(3,4)5)21-13-9-12-20(15-21)19-10-7-6-8-11-19;/h1-16,18-22H;6-12,15-18H,14H2,1-5H3;/q2*-1;. The SMILES string of the molecule is CC(C)Cc1cc(-c2[c-]ccc(-c3ccccc3)c2)ncc1[Si](C)(C)C.[Ir].[c-]1ccc2c(oc3ccccc32)c1-c1nc2ccccc2n1-c1c(-c2ccccc2)ccc2ccccc12. The Morgan fingerprint density at radius 1 is 0.631 bits per heavy atom. The van der Waals surface area contributed by atoms with Crippen molar-refractivity contribution in [3.8, 4) is 50.6 Å². The van der Waals surface area contributed by atoms with Crippen LogP contribution in [-0.2, 0) is 26.5 Å². The van der Waals surface area contributed by atoms with Gasteiger partial charge in [-0.05, 0) is 57.9 Å². The molecular weight excluding hydrogens is 987 g/mol. The zero-order chi connectivity index (χ0) is 43.8. The van der Waals surface area contributed by atoms with Crippen LogP contribution in [0.15, 0.2) is 193 Å². The Morgan fingerprint density at radius 3 is 2.08 bits per heavy atom. The second-order valence-electron chi connectivity index (χ2n) is 17.9. The number of imidazole rings is 1. The van der Waals surface area contributed by atoms with Crippen LogP contribution in [0.25, 0.3) is 94.3 Å². The summed E-state index contributed by atoms with van der Waals surface area (Å²) in [5.41, 5.74) is 13.9. The first-order chi connectivity index (χ1) is 31.2. The number of hydrogen-bond acceptors (Lipinski definition) is 3. The molecule has 0 bridgehead atoms. The Kier molecular flexibility index (Phi) is 12.3. The van der Waals surface area contributed by atoms with Gasteiger partial charge in [-0.3, -0.25) is 4.98 Å². The topological polar surface area (TPSA) is 43.9 Å². The van der Waals surface area contributed by atoms with Crippen molar-refractivity contribution in [2.45, 2.75) is 39.9 Å². The van der Waals surface area contributed by atoms with Gasteiger partial charge >= 0.3 is 0 Å². The van der Waals surface area contributed by atoms with E-state index in [1.54, 1.807) is 0 Å². The Hall–Kier alpha value is -6.69. The number of nitrogens with zero attached hydrogens (tertiary/aromatic N) is 3. The minimum atomic E-state index is -1.40. The molecule has 0 amide bonds. The largest absolute Gasteiger partial charge is 0.501 e. The van der Waals surface area contributed by atoms with E-state index in [0.29, 0.717) is 5.92 Å². The van der Waals surface area contributed by atoms with E-state index >= 15 is 0 Å². The normalized spacial score (nSPS) is 11.5. The monoisotopic (exact) mass is 1040 g/mol. The van der Waals surface area contributed by atoms with Crippen LogP contribution in [0.5, 0.6) is 0 Å². The van der Waals surface area contributed by atoms with E-state index in [2.05, 4.69) is 196 Å². The summed E-state index contributed by atoms with van der Waals surface area (Å²) in [6.45, 7) is 11.8. The van der Waals surface area contributed by atoms with Crippen LogP contribution in [-0.4, -0.2) is 22.6 Å². The molecular formula is C59H49IrN3OSi-2. The molecule has 65 heavy (non-hydrogen) atoms. The van der Waals surface area contributed by atoms with Crippen LogP contribution >= 0.6 is 0 Å². The van der Waals surface area contributed by atoms with Crippen LogP contribution in [0, 0.1) is 18.1 Å². The van der Waals surface area contributed by atoms with Crippen LogP contribution in [0.3, 0.4) is 0 Å². The van der Waals surface area contributed by atoms with Gasteiger partial charge in [-0.15, -0.1) is 53.6 Å². The van der Waals surface area contributed by atoms with Gasteiger partial charge in [0.1, 0.15) is 5.58 Å². The molecule has 0 spiro atoms. The molecule has 0 saturated carbocycles. The quantitative estimate of drug-likeness (QED) is 0.113. The number of aromatic nitrogens is 3. The molecule has 4 nitrogen and oxygen atoms in total. The van der Waals surface area contributed by atoms with Crippen molar-refractivity contribution >= 4 is 57.0 Å². The van der Waals surface area contributed by atoms with E-state index in [1.807, 2.05) is 42.5 Å². The van der Waals surface area contributed by atoms with Crippen molar-refractivity contribution in [3.05, 3.63) is 206 Å². The average Bonchev–Trinajstić information content (AvgIpc) is 3.90. The second kappa shape index (κ2) is 18.4. The van der Waals surface area contributed by atoms with Crippen LogP contribution in [0.2, 0.25) is 19.6 Å². The number of para-hydroxylation sites is 3. The first kappa shape index (κ1) is 43.6. The molecule has 0 fully saturated rings. The molecule has 321 valence electrons. The Labute approximate surface area is 396 Å². The fourth-order valence-electron chi connectivity index (χ4n) is 8.98. The molecule has 3 heterocycles. The fraction of sp³-hybridized carbons (Fsp3) is 0.119. The first-order valence-corrected chi connectivity index (χ1v) is 25.7. The molecule has 11 rings (SSSR count). The maximum Gasteiger partial charge on any atom is 0.120 e. The van der Waals surface area contributed by atoms with Crippen molar-refractivity contribution in [3.63, 3.8) is 0 Å². The number of rotatable bonds is 8. The van der Waals surface area contributed by atoms with Gasteiger partial charge in [0, 0.05) is 42.6 Å². The Balaban J connectivity index is 0.000000174. The molecule has 3 aromatic heterocycles. The zero-order valence-electron chi connectivity index (χ0n) is 37.3. The summed E-state index contributed by atoms with van der Waals surface area (Å²) in [5, 5.41) is 5.98. The molecule has 0 atom stereocenters. The number of hydrogen-bond donors (Lipinski definition) is 0. The molecule has 0 aliphatic rings. The van der Waals surface area contributed by atoms with Crippen molar-refractivity contribution in [2.24, 2.45) is 5.92 Å². The predicted molar refractivity (Wildman–Crippen MR) is 271 cm³/mol. The van der Waals surface area contributed by atoms with Crippen LogP contribution < -0.4 is 5.19 Å². The van der Waals surface area contributed by atoms with Crippen LogP contribution in [0.4, 0.5) is 0 Å². The van der Waals surface area contributed by atoms with Crippen molar-refractivity contribution in [1.29, 1.82) is 0 Å². The van der Waals surface area contributed by atoms with Crippen molar-refractivity contribution in [2.75, 3.05) is 0 Å². The molecule has 0 N–H and O–H groups in total. The third-order valence-corrected chi connectivity index (χ3v) is 14.0. The molecule has 0 aliphatic heterocycles. The number of benzene rings is 8. The minimum absolute atomic E-state index is 0. The number of fused-ring (bicyclic) bond motifs is 5. The maximum absolute atomic E-state index is 6.44. The van der Waals surface area contributed by atoms with Crippen LogP contribution in [0.1, 0.15) is 19.4 Å². The summed E-state index contributed by atoms with van der Waals surface area (Å²) in [6, 6.07) is 70.1. The molecule has 0 saturated heterocycles.